The van der Waals surface area contributed by atoms with E-state index in [0.29, 0.717) is 0 Å². The first-order valence-electron chi connectivity index (χ1n) is 4.80. The van der Waals surface area contributed by atoms with Crippen LogP contribution >= 0.6 is 0 Å². The number of nitrogens with zero attached hydrogens (tertiary/aromatic N) is 2. The van der Waals surface area contributed by atoms with Crippen LogP contribution in [0.15, 0.2) is 30.6 Å². The molecule has 0 aliphatic carbocycles. The molecule has 0 amide bonds. The summed E-state index contributed by atoms with van der Waals surface area (Å²) in [7, 11) is 0. The highest BCUT2D eigenvalue weighted by atomic mass is 16.3. The van der Waals surface area contributed by atoms with Gasteiger partial charge in [-0.15, -0.1) is 0 Å². The minimum atomic E-state index is -0.368. The quantitative estimate of drug-likeness (QED) is 0.786. The molecule has 0 fully saturated rings. The lowest BCUT2D eigenvalue weighted by Crippen LogP contribution is -2.17. The van der Waals surface area contributed by atoms with Gasteiger partial charge < -0.3 is 9.67 Å². The van der Waals surface area contributed by atoms with Crippen LogP contribution in [-0.4, -0.2) is 20.8 Å². The van der Waals surface area contributed by atoms with E-state index in [4.69, 9.17) is 0 Å². The van der Waals surface area contributed by atoms with Crippen molar-refractivity contribution in [3.05, 3.63) is 30.6 Å². The third kappa shape index (κ3) is 1.40. The monoisotopic (exact) mass is 190 g/mol. The number of benzene rings is 1. The molecule has 14 heavy (non-hydrogen) atoms. The third-order valence-corrected chi connectivity index (χ3v) is 2.62. The van der Waals surface area contributed by atoms with Gasteiger partial charge in [0.25, 0.3) is 0 Å². The van der Waals surface area contributed by atoms with Gasteiger partial charge in [0.15, 0.2) is 0 Å². The molecule has 2 rings (SSSR count). The Kier molecular flexibility index (Phi) is 2.25. The maximum absolute atomic E-state index is 9.50. The Labute approximate surface area is 83.0 Å². The predicted molar refractivity (Wildman–Crippen MR) is 56.1 cm³/mol. The molecule has 2 aromatic rings. The van der Waals surface area contributed by atoms with E-state index in [1.807, 2.05) is 35.8 Å². The number of hydrogen-bond donors (Lipinski definition) is 1. The lowest BCUT2D eigenvalue weighted by molar-refractivity contribution is 0.141. The predicted octanol–water partition coefficient (Wildman–Crippen LogP) is 1.98. The number of rotatable bonds is 2. The van der Waals surface area contributed by atoms with Gasteiger partial charge >= 0.3 is 0 Å². The zero-order valence-corrected chi connectivity index (χ0v) is 8.38. The van der Waals surface area contributed by atoms with E-state index in [0.717, 1.165) is 11.0 Å². The number of imidazole rings is 1. The molecule has 0 bridgehead atoms. The van der Waals surface area contributed by atoms with Crippen LogP contribution in [0.1, 0.15) is 19.9 Å². The van der Waals surface area contributed by atoms with Crippen LogP contribution in [-0.2, 0) is 0 Å². The molecule has 0 unspecified atom stereocenters. The van der Waals surface area contributed by atoms with Crippen LogP contribution < -0.4 is 0 Å². The fraction of sp³-hybridized carbons (Fsp3) is 0.364. The second kappa shape index (κ2) is 3.42. The van der Waals surface area contributed by atoms with Gasteiger partial charge in [0.1, 0.15) is 0 Å². The number of fused-ring (bicyclic) bond motifs is 1. The van der Waals surface area contributed by atoms with Crippen LogP contribution in [0.2, 0.25) is 0 Å². The van der Waals surface area contributed by atoms with Crippen molar-refractivity contribution in [2.24, 2.45) is 0 Å². The molecule has 1 aromatic heterocycles. The second-order valence-electron chi connectivity index (χ2n) is 3.62. The van der Waals surface area contributed by atoms with E-state index in [-0.39, 0.29) is 12.1 Å². The molecule has 1 N–H and O–H groups in total. The Morgan fingerprint density at radius 1 is 1.29 bits per heavy atom. The van der Waals surface area contributed by atoms with E-state index >= 15 is 0 Å². The van der Waals surface area contributed by atoms with Gasteiger partial charge in [-0.3, -0.25) is 0 Å². The van der Waals surface area contributed by atoms with Crippen LogP contribution in [0, 0.1) is 0 Å². The first-order chi connectivity index (χ1) is 6.70. The number of hydrogen-bond acceptors (Lipinski definition) is 2. The van der Waals surface area contributed by atoms with Gasteiger partial charge in [-0.1, -0.05) is 12.1 Å². The number of aliphatic hydroxyl groups excluding tert-OH is 1. The van der Waals surface area contributed by atoms with Crippen molar-refractivity contribution in [2.75, 3.05) is 0 Å². The first-order valence-corrected chi connectivity index (χ1v) is 4.80. The van der Waals surface area contributed by atoms with Crippen LogP contribution in [0.3, 0.4) is 0 Å². The summed E-state index contributed by atoms with van der Waals surface area (Å²) in [5.74, 6) is 0. The molecule has 0 aliphatic heterocycles. The molecule has 1 heterocycles. The lowest BCUT2D eigenvalue weighted by Gasteiger charge is -2.16. The third-order valence-electron chi connectivity index (χ3n) is 2.62. The summed E-state index contributed by atoms with van der Waals surface area (Å²) in [5, 5.41) is 9.50. The Bertz CT molecular complexity index is 434. The average molecular weight is 190 g/mol. The summed E-state index contributed by atoms with van der Waals surface area (Å²) in [5.41, 5.74) is 2.04. The molecular weight excluding hydrogens is 176 g/mol. The van der Waals surface area contributed by atoms with E-state index in [2.05, 4.69) is 4.98 Å². The van der Waals surface area contributed by atoms with Gasteiger partial charge in [-0.05, 0) is 26.0 Å². The number of aromatic nitrogens is 2. The van der Waals surface area contributed by atoms with Crippen LogP contribution in [0.5, 0.6) is 0 Å². The summed E-state index contributed by atoms with van der Waals surface area (Å²) >= 11 is 0. The SMILES string of the molecule is C[C@H](O)[C@H](C)n1cnc2ccccc21. The van der Waals surface area contributed by atoms with Crippen molar-refractivity contribution >= 4 is 11.0 Å². The molecule has 0 saturated heterocycles. The minimum absolute atomic E-state index is 0.0578. The minimum Gasteiger partial charge on any atom is -0.391 e. The van der Waals surface area contributed by atoms with Crippen molar-refractivity contribution in [3.8, 4) is 0 Å². The van der Waals surface area contributed by atoms with Crippen molar-refractivity contribution in [1.82, 2.24) is 9.55 Å². The van der Waals surface area contributed by atoms with Crippen molar-refractivity contribution in [3.63, 3.8) is 0 Å². The molecule has 0 spiro atoms. The van der Waals surface area contributed by atoms with Crippen molar-refractivity contribution < 1.29 is 5.11 Å². The molecule has 2 atom stereocenters. The molecule has 1 aromatic carbocycles. The molecule has 0 saturated carbocycles. The number of aliphatic hydroxyl groups is 1. The van der Waals surface area contributed by atoms with Gasteiger partial charge in [0.05, 0.1) is 29.5 Å². The Morgan fingerprint density at radius 3 is 2.71 bits per heavy atom. The Hall–Kier alpha value is -1.35. The van der Waals surface area contributed by atoms with Gasteiger partial charge in [0.2, 0.25) is 0 Å². The average Bonchev–Trinajstić information content (AvgIpc) is 2.60. The highest BCUT2D eigenvalue weighted by Crippen LogP contribution is 2.19. The summed E-state index contributed by atoms with van der Waals surface area (Å²) < 4.78 is 2.00. The van der Waals surface area contributed by atoms with Gasteiger partial charge in [-0.25, -0.2) is 4.98 Å². The second-order valence-corrected chi connectivity index (χ2v) is 3.62. The summed E-state index contributed by atoms with van der Waals surface area (Å²) in [4.78, 5) is 4.27. The van der Waals surface area contributed by atoms with Crippen molar-refractivity contribution in [2.45, 2.75) is 26.0 Å². The standard InChI is InChI=1S/C11H14N2O/c1-8(9(2)14)13-7-12-10-5-3-4-6-11(10)13/h3-9,14H,1-2H3/t8-,9-/m0/s1. The summed E-state index contributed by atoms with van der Waals surface area (Å²) in [6.07, 6.45) is 1.41. The maximum atomic E-state index is 9.50. The van der Waals surface area contributed by atoms with Gasteiger partial charge in [0, 0.05) is 0 Å². The van der Waals surface area contributed by atoms with Crippen molar-refractivity contribution in [1.29, 1.82) is 0 Å². The molecule has 74 valence electrons. The van der Waals surface area contributed by atoms with Crippen LogP contribution in [0.4, 0.5) is 0 Å². The fourth-order valence-electron chi connectivity index (χ4n) is 1.54. The topological polar surface area (TPSA) is 38.0 Å². The summed E-state index contributed by atoms with van der Waals surface area (Å²) in [6.45, 7) is 3.78. The van der Waals surface area contributed by atoms with E-state index in [1.54, 1.807) is 13.3 Å². The zero-order valence-electron chi connectivity index (χ0n) is 8.38. The molecule has 3 heteroatoms. The Morgan fingerprint density at radius 2 is 2.00 bits per heavy atom. The van der Waals surface area contributed by atoms with Crippen LogP contribution in [0.25, 0.3) is 11.0 Å². The first kappa shape index (κ1) is 9.21. The summed E-state index contributed by atoms with van der Waals surface area (Å²) in [6, 6.07) is 7.99. The number of para-hydroxylation sites is 2. The van der Waals surface area contributed by atoms with E-state index < -0.39 is 0 Å². The Balaban J connectivity index is 2.53. The zero-order chi connectivity index (χ0) is 10.1. The van der Waals surface area contributed by atoms with Gasteiger partial charge in [-0.2, -0.15) is 0 Å². The molecule has 0 radical (unpaired) electrons. The molecular formula is C11H14N2O. The highest BCUT2D eigenvalue weighted by molar-refractivity contribution is 5.75. The fourth-order valence-corrected chi connectivity index (χ4v) is 1.54. The largest absolute Gasteiger partial charge is 0.391 e. The van der Waals surface area contributed by atoms with E-state index in [9.17, 15) is 5.11 Å². The highest BCUT2D eigenvalue weighted by Gasteiger charge is 2.12. The normalized spacial score (nSPS) is 15.6. The molecule has 0 aliphatic rings. The van der Waals surface area contributed by atoms with E-state index in [1.165, 1.54) is 0 Å². The maximum Gasteiger partial charge on any atom is 0.0961 e. The lowest BCUT2D eigenvalue weighted by atomic mass is 10.2. The molecule has 3 nitrogen and oxygen atoms in total. The smallest absolute Gasteiger partial charge is 0.0961 e.